The molecule has 0 amide bonds. The Morgan fingerprint density at radius 1 is 1.05 bits per heavy atom. The van der Waals surface area contributed by atoms with Gasteiger partial charge in [-0.15, -0.1) is 0 Å². The fourth-order valence-corrected chi connectivity index (χ4v) is 1.92. The summed E-state index contributed by atoms with van der Waals surface area (Å²) >= 11 is 0. The number of nitrogens with zero attached hydrogens (tertiary/aromatic N) is 3. The molecule has 3 rings (SSSR count). The van der Waals surface area contributed by atoms with Gasteiger partial charge < -0.3 is 10.0 Å². The zero-order valence-corrected chi connectivity index (χ0v) is 10.4. The first-order chi connectivity index (χ1) is 9.13. The van der Waals surface area contributed by atoms with Gasteiger partial charge in [0.25, 0.3) is 0 Å². The van der Waals surface area contributed by atoms with E-state index in [1.165, 1.54) is 0 Å². The molecule has 19 heavy (non-hydrogen) atoms. The minimum absolute atomic E-state index is 0.460. The second-order valence-electron chi connectivity index (χ2n) is 4.40. The number of imidazole rings is 1. The van der Waals surface area contributed by atoms with Crippen LogP contribution in [0.25, 0.3) is 17.0 Å². The van der Waals surface area contributed by atoms with Crippen molar-refractivity contribution in [2.24, 2.45) is 0 Å². The lowest BCUT2D eigenvalue weighted by atomic mass is 9.80. The van der Waals surface area contributed by atoms with Gasteiger partial charge in [-0.3, -0.25) is 4.40 Å². The van der Waals surface area contributed by atoms with Crippen LogP contribution in [0.2, 0.25) is 0 Å². The average Bonchev–Trinajstić information content (AvgIpc) is 2.81. The van der Waals surface area contributed by atoms with Crippen molar-refractivity contribution in [3.8, 4) is 11.3 Å². The normalized spacial score (nSPS) is 10.9. The molecule has 2 heterocycles. The van der Waals surface area contributed by atoms with E-state index in [-0.39, 0.29) is 0 Å². The first kappa shape index (κ1) is 11.9. The molecule has 0 bridgehead atoms. The molecular weight excluding hydrogens is 241 g/mol. The highest BCUT2D eigenvalue weighted by molar-refractivity contribution is 6.58. The maximum absolute atomic E-state index is 9.06. The molecule has 0 atom stereocenters. The van der Waals surface area contributed by atoms with Crippen molar-refractivity contribution >= 4 is 18.4 Å². The fraction of sp³-hybridized carbons (Fsp3) is 0.0769. The summed E-state index contributed by atoms with van der Waals surface area (Å²) in [5.41, 5.74) is 3.09. The van der Waals surface area contributed by atoms with Crippen LogP contribution in [0.3, 0.4) is 0 Å². The smallest absolute Gasteiger partial charge is 0.423 e. The van der Waals surface area contributed by atoms with Gasteiger partial charge >= 0.3 is 7.12 Å². The standard InChI is InChI=1S/C13H12BN3O2/c1-9-6-7-17-8-12(16-13(17)15-9)10-2-4-11(5-3-10)14(18)19/h2-8,18-19H,1H3. The second-order valence-corrected chi connectivity index (χ2v) is 4.40. The van der Waals surface area contributed by atoms with Crippen molar-refractivity contribution in [1.29, 1.82) is 0 Å². The summed E-state index contributed by atoms with van der Waals surface area (Å²) in [4.78, 5) is 8.78. The molecule has 0 spiro atoms. The zero-order chi connectivity index (χ0) is 13.4. The number of hydrogen-bond acceptors (Lipinski definition) is 4. The molecule has 0 aliphatic carbocycles. The average molecular weight is 253 g/mol. The zero-order valence-electron chi connectivity index (χ0n) is 10.4. The van der Waals surface area contributed by atoms with Gasteiger partial charge in [0.05, 0.1) is 5.69 Å². The van der Waals surface area contributed by atoms with Crippen molar-refractivity contribution in [1.82, 2.24) is 14.4 Å². The van der Waals surface area contributed by atoms with E-state index in [2.05, 4.69) is 9.97 Å². The summed E-state index contributed by atoms with van der Waals surface area (Å²) in [5.74, 6) is 0.654. The van der Waals surface area contributed by atoms with Gasteiger partial charge in [-0.1, -0.05) is 24.3 Å². The third-order valence-corrected chi connectivity index (χ3v) is 2.97. The van der Waals surface area contributed by atoms with Gasteiger partial charge in [-0.2, -0.15) is 0 Å². The third kappa shape index (κ3) is 2.23. The summed E-state index contributed by atoms with van der Waals surface area (Å²) in [7, 11) is -1.44. The molecule has 0 saturated carbocycles. The molecule has 0 unspecified atom stereocenters. The van der Waals surface area contributed by atoms with Crippen molar-refractivity contribution in [2.45, 2.75) is 6.92 Å². The molecule has 1 aromatic carbocycles. The summed E-state index contributed by atoms with van der Waals surface area (Å²) < 4.78 is 1.86. The molecule has 6 heteroatoms. The lowest BCUT2D eigenvalue weighted by Gasteiger charge is -2.00. The van der Waals surface area contributed by atoms with Crippen molar-refractivity contribution in [3.63, 3.8) is 0 Å². The van der Waals surface area contributed by atoms with E-state index < -0.39 is 7.12 Å². The summed E-state index contributed by atoms with van der Waals surface area (Å²) in [5, 5.41) is 18.1. The van der Waals surface area contributed by atoms with Crippen LogP contribution in [0, 0.1) is 6.92 Å². The van der Waals surface area contributed by atoms with E-state index in [4.69, 9.17) is 10.0 Å². The Hall–Kier alpha value is -2.18. The minimum Gasteiger partial charge on any atom is -0.423 e. The van der Waals surface area contributed by atoms with E-state index >= 15 is 0 Å². The molecule has 3 aromatic rings. The molecule has 0 aliphatic heterocycles. The summed E-state index contributed by atoms with van der Waals surface area (Å²) in [6.45, 7) is 1.92. The van der Waals surface area contributed by atoms with Gasteiger partial charge in [-0.25, -0.2) is 9.97 Å². The van der Waals surface area contributed by atoms with E-state index in [9.17, 15) is 0 Å². The second kappa shape index (κ2) is 4.49. The topological polar surface area (TPSA) is 70.7 Å². The maximum Gasteiger partial charge on any atom is 0.488 e. The predicted molar refractivity (Wildman–Crippen MR) is 73.0 cm³/mol. The van der Waals surface area contributed by atoms with Gasteiger partial charge in [0.2, 0.25) is 5.78 Å². The molecule has 2 aromatic heterocycles. The molecule has 5 nitrogen and oxygen atoms in total. The molecular formula is C13H12BN3O2. The first-order valence-electron chi connectivity index (χ1n) is 5.92. The Kier molecular flexibility index (Phi) is 2.81. The Balaban J connectivity index is 2.03. The molecule has 2 N–H and O–H groups in total. The summed E-state index contributed by atoms with van der Waals surface area (Å²) in [6, 6.07) is 8.88. The van der Waals surface area contributed by atoms with Crippen molar-refractivity contribution in [2.75, 3.05) is 0 Å². The quantitative estimate of drug-likeness (QED) is 0.648. The number of rotatable bonds is 2. The predicted octanol–water partition coefficient (Wildman–Crippen LogP) is 0.385. The number of aryl methyl sites for hydroxylation is 1. The van der Waals surface area contributed by atoms with Crippen LogP contribution >= 0.6 is 0 Å². The van der Waals surface area contributed by atoms with Crippen molar-refractivity contribution in [3.05, 3.63) is 48.4 Å². The monoisotopic (exact) mass is 253 g/mol. The van der Waals surface area contributed by atoms with Crippen LogP contribution in [0.4, 0.5) is 0 Å². The lowest BCUT2D eigenvalue weighted by Crippen LogP contribution is -2.29. The van der Waals surface area contributed by atoms with Crippen LogP contribution in [-0.2, 0) is 0 Å². The van der Waals surface area contributed by atoms with E-state index in [1.807, 2.05) is 41.9 Å². The minimum atomic E-state index is -1.44. The molecule has 0 aliphatic rings. The van der Waals surface area contributed by atoms with Gasteiger partial charge in [0.1, 0.15) is 0 Å². The van der Waals surface area contributed by atoms with E-state index in [0.29, 0.717) is 11.2 Å². The number of hydrogen-bond donors (Lipinski definition) is 2. The van der Waals surface area contributed by atoms with Gasteiger partial charge in [0.15, 0.2) is 0 Å². The van der Waals surface area contributed by atoms with Crippen molar-refractivity contribution < 1.29 is 10.0 Å². The van der Waals surface area contributed by atoms with E-state index in [0.717, 1.165) is 17.0 Å². The van der Waals surface area contributed by atoms with Gasteiger partial charge in [0, 0.05) is 23.7 Å². The Bertz CT molecular complexity index is 722. The van der Waals surface area contributed by atoms with Crippen LogP contribution in [-0.4, -0.2) is 31.5 Å². The molecule has 0 radical (unpaired) electrons. The Labute approximate surface area is 110 Å². The highest BCUT2D eigenvalue weighted by Crippen LogP contribution is 2.17. The molecule has 94 valence electrons. The molecule has 0 fully saturated rings. The summed E-state index contributed by atoms with van der Waals surface area (Å²) in [6.07, 6.45) is 3.81. The van der Waals surface area contributed by atoms with Crippen LogP contribution in [0.15, 0.2) is 42.7 Å². The van der Waals surface area contributed by atoms with Crippen LogP contribution in [0.1, 0.15) is 5.69 Å². The number of benzene rings is 1. The number of fused-ring (bicyclic) bond motifs is 1. The molecule has 0 saturated heterocycles. The SMILES string of the molecule is Cc1ccn2cc(-c3ccc(B(O)O)cc3)nc2n1. The Morgan fingerprint density at radius 3 is 2.47 bits per heavy atom. The maximum atomic E-state index is 9.06. The van der Waals surface area contributed by atoms with E-state index in [1.54, 1.807) is 12.1 Å². The highest BCUT2D eigenvalue weighted by atomic mass is 16.4. The van der Waals surface area contributed by atoms with Crippen LogP contribution < -0.4 is 5.46 Å². The lowest BCUT2D eigenvalue weighted by molar-refractivity contribution is 0.426. The first-order valence-corrected chi connectivity index (χ1v) is 5.92. The van der Waals surface area contributed by atoms with Gasteiger partial charge in [-0.05, 0) is 18.5 Å². The van der Waals surface area contributed by atoms with Crippen LogP contribution in [0.5, 0.6) is 0 Å². The largest absolute Gasteiger partial charge is 0.488 e. The fourth-order valence-electron chi connectivity index (χ4n) is 1.92. The number of aromatic nitrogens is 3. The Morgan fingerprint density at radius 2 is 1.79 bits per heavy atom. The third-order valence-electron chi connectivity index (χ3n) is 2.97. The highest BCUT2D eigenvalue weighted by Gasteiger charge is 2.11.